The molecule has 2 rings (SSSR count). The van der Waals surface area contributed by atoms with Crippen LogP contribution in [0.4, 0.5) is 0 Å². The zero-order chi connectivity index (χ0) is 14.4. The highest BCUT2D eigenvalue weighted by Gasteiger charge is 2.27. The van der Waals surface area contributed by atoms with Crippen molar-refractivity contribution in [3.63, 3.8) is 0 Å². The van der Waals surface area contributed by atoms with Crippen LogP contribution in [0.1, 0.15) is 18.4 Å². The monoisotopic (exact) mass is 277 g/mol. The maximum atomic E-state index is 11.9. The van der Waals surface area contributed by atoms with Crippen molar-refractivity contribution in [1.82, 2.24) is 4.90 Å². The first-order chi connectivity index (χ1) is 9.65. The van der Waals surface area contributed by atoms with Gasteiger partial charge in [0.2, 0.25) is 5.91 Å². The van der Waals surface area contributed by atoms with E-state index in [2.05, 4.69) is 0 Å². The summed E-state index contributed by atoms with van der Waals surface area (Å²) in [5.74, 6) is -0.788. The molecule has 1 aliphatic rings. The third kappa shape index (κ3) is 4.35. The van der Waals surface area contributed by atoms with Crippen molar-refractivity contribution in [3.05, 3.63) is 35.9 Å². The number of likely N-dealkylation sites (tertiary alicyclic amines) is 1. The van der Waals surface area contributed by atoms with Gasteiger partial charge >= 0.3 is 5.97 Å². The fourth-order valence-corrected chi connectivity index (χ4v) is 2.39. The Labute approximate surface area is 118 Å². The van der Waals surface area contributed by atoms with Crippen LogP contribution in [0.3, 0.4) is 0 Å². The number of carbonyl (C=O) groups is 2. The average Bonchev–Trinajstić information content (AvgIpc) is 2.87. The molecule has 1 aliphatic heterocycles. The summed E-state index contributed by atoms with van der Waals surface area (Å²) in [6, 6.07) is 9.68. The Morgan fingerprint density at radius 1 is 1.30 bits per heavy atom. The van der Waals surface area contributed by atoms with Crippen molar-refractivity contribution >= 4 is 11.9 Å². The number of nitrogens with zero attached hydrogens (tertiary/aromatic N) is 1. The predicted molar refractivity (Wildman–Crippen MR) is 73.0 cm³/mol. The van der Waals surface area contributed by atoms with E-state index in [4.69, 9.17) is 9.84 Å². The fourth-order valence-electron chi connectivity index (χ4n) is 2.39. The van der Waals surface area contributed by atoms with Gasteiger partial charge in [0.25, 0.3) is 0 Å². The molecule has 1 atom stereocenters. The molecule has 5 nitrogen and oxygen atoms in total. The number of hydrogen-bond acceptors (Lipinski definition) is 3. The molecule has 1 aromatic rings. The topological polar surface area (TPSA) is 66.8 Å². The summed E-state index contributed by atoms with van der Waals surface area (Å²) in [5, 5.41) is 8.74. The average molecular weight is 277 g/mol. The van der Waals surface area contributed by atoms with E-state index in [0.717, 1.165) is 12.0 Å². The molecule has 0 saturated carbocycles. The number of rotatable bonds is 6. The summed E-state index contributed by atoms with van der Waals surface area (Å²) in [6.07, 6.45) is 0.894. The highest BCUT2D eigenvalue weighted by atomic mass is 16.5. The van der Waals surface area contributed by atoms with Gasteiger partial charge in [-0.3, -0.25) is 9.59 Å². The van der Waals surface area contributed by atoms with E-state index >= 15 is 0 Å². The molecule has 1 unspecified atom stereocenters. The Morgan fingerprint density at radius 2 is 2.05 bits per heavy atom. The van der Waals surface area contributed by atoms with Crippen LogP contribution < -0.4 is 0 Å². The Hall–Kier alpha value is -1.88. The van der Waals surface area contributed by atoms with E-state index in [1.54, 1.807) is 4.90 Å². The molecule has 1 amide bonds. The van der Waals surface area contributed by atoms with Gasteiger partial charge in [-0.2, -0.15) is 0 Å². The van der Waals surface area contributed by atoms with Crippen molar-refractivity contribution in [2.45, 2.75) is 19.4 Å². The van der Waals surface area contributed by atoms with Crippen LogP contribution in [-0.2, 0) is 20.9 Å². The second kappa shape index (κ2) is 7.05. The zero-order valence-corrected chi connectivity index (χ0v) is 11.3. The van der Waals surface area contributed by atoms with E-state index in [0.29, 0.717) is 19.7 Å². The fraction of sp³-hybridized carbons (Fsp3) is 0.467. The molecule has 5 heteroatoms. The van der Waals surface area contributed by atoms with E-state index in [9.17, 15) is 9.59 Å². The normalized spacial score (nSPS) is 18.2. The van der Waals surface area contributed by atoms with Crippen molar-refractivity contribution in [3.8, 4) is 0 Å². The third-order valence-corrected chi connectivity index (χ3v) is 3.44. The maximum absolute atomic E-state index is 11.9. The van der Waals surface area contributed by atoms with Crippen LogP contribution in [0.15, 0.2) is 30.3 Å². The van der Waals surface area contributed by atoms with Gasteiger partial charge in [-0.05, 0) is 17.9 Å². The Balaban J connectivity index is 1.69. The zero-order valence-electron chi connectivity index (χ0n) is 11.3. The minimum Gasteiger partial charge on any atom is -0.481 e. The van der Waals surface area contributed by atoms with Crippen LogP contribution in [0.5, 0.6) is 0 Å². The largest absolute Gasteiger partial charge is 0.481 e. The quantitative estimate of drug-likeness (QED) is 0.856. The predicted octanol–water partition coefficient (Wildman–Crippen LogP) is 1.53. The number of carboxylic acids is 1. The van der Waals surface area contributed by atoms with Crippen molar-refractivity contribution in [1.29, 1.82) is 0 Å². The van der Waals surface area contributed by atoms with E-state index < -0.39 is 5.97 Å². The Kier molecular flexibility index (Phi) is 5.12. The van der Waals surface area contributed by atoms with Crippen molar-refractivity contribution in [2.75, 3.05) is 19.7 Å². The SMILES string of the molecule is O=C(O)CC1CCN(C(=O)COCc2ccccc2)C1. The standard InChI is InChI=1S/C15H19NO4/c17-14(11-20-10-12-4-2-1-3-5-12)16-7-6-13(9-16)8-15(18)19/h1-5,13H,6-11H2,(H,18,19). The molecule has 1 N–H and O–H groups in total. The number of aliphatic carboxylic acids is 1. The van der Waals surface area contributed by atoms with Crippen molar-refractivity contribution < 1.29 is 19.4 Å². The Bertz CT molecular complexity index is 460. The summed E-state index contributed by atoms with van der Waals surface area (Å²) in [5.41, 5.74) is 1.03. The summed E-state index contributed by atoms with van der Waals surface area (Å²) in [7, 11) is 0. The number of amides is 1. The van der Waals surface area contributed by atoms with Gasteiger partial charge in [-0.25, -0.2) is 0 Å². The first-order valence-corrected chi connectivity index (χ1v) is 6.76. The third-order valence-electron chi connectivity index (χ3n) is 3.44. The number of benzene rings is 1. The second-order valence-corrected chi connectivity index (χ2v) is 5.07. The first-order valence-electron chi connectivity index (χ1n) is 6.76. The molecule has 0 bridgehead atoms. The number of hydrogen-bond donors (Lipinski definition) is 1. The highest BCUT2D eigenvalue weighted by molar-refractivity contribution is 5.78. The summed E-state index contributed by atoms with van der Waals surface area (Å²) < 4.78 is 5.40. The Morgan fingerprint density at radius 3 is 2.75 bits per heavy atom. The second-order valence-electron chi connectivity index (χ2n) is 5.07. The molecule has 1 saturated heterocycles. The van der Waals surface area contributed by atoms with Crippen molar-refractivity contribution in [2.24, 2.45) is 5.92 Å². The molecule has 1 aromatic carbocycles. The van der Waals surface area contributed by atoms with Crippen LogP contribution in [0, 0.1) is 5.92 Å². The first kappa shape index (κ1) is 14.5. The molecule has 0 aromatic heterocycles. The van der Waals surface area contributed by atoms with Crippen LogP contribution in [-0.4, -0.2) is 41.6 Å². The lowest BCUT2D eigenvalue weighted by Crippen LogP contribution is -2.32. The minimum atomic E-state index is -0.801. The maximum Gasteiger partial charge on any atom is 0.303 e. The van der Waals surface area contributed by atoms with Gasteiger partial charge in [-0.1, -0.05) is 30.3 Å². The molecule has 108 valence electrons. The lowest BCUT2D eigenvalue weighted by Gasteiger charge is -2.16. The number of ether oxygens (including phenoxy) is 1. The van der Waals surface area contributed by atoms with Gasteiger partial charge < -0.3 is 14.7 Å². The molecule has 0 spiro atoms. The lowest BCUT2D eigenvalue weighted by molar-refractivity contribution is -0.139. The minimum absolute atomic E-state index is 0.0503. The smallest absolute Gasteiger partial charge is 0.303 e. The summed E-state index contributed by atoms with van der Waals surface area (Å²) in [6.45, 7) is 1.62. The van der Waals surface area contributed by atoms with Gasteiger partial charge in [0, 0.05) is 19.5 Å². The van der Waals surface area contributed by atoms with Crippen LogP contribution in [0.2, 0.25) is 0 Å². The van der Waals surface area contributed by atoms with E-state index in [-0.39, 0.29) is 24.9 Å². The summed E-state index contributed by atoms with van der Waals surface area (Å²) in [4.78, 5) is 24.2. The van der Waals surface area contributed by atoms with Gasteiger partial charge in [0.05, 0.1) is 6.61 Å². The van der Waals surface area contributed by atoms with Gasteiger partial charge in [-0.15, -0.1) is 0 Å². The molecule has 1 fully saturated rings. The molecular formula is C15H19NO4. The van der Waals surface area contributed by atoms with Gasteiger partial charge in [0.15, 0.2) is 0 Å². The number of carbonyl (C=O) groups excluding carboxylic acids is 1. The van der Waals surface area contributed by atoms with Crippen LogP contribution in [0.25, 0.3) is 0 Å². The van der Waals surface area contributed by atoms with Gasteiger partial charge in [0.1, 0.15) is 6.61 Å². The van der Waals surface area contributed by atoms with Crippen LogP contribution >= 0.6 is 0 Å². The molecule has 1 heterocycles. The highest BCUT2D eigenvalue weighted by Crippen LogP contribution is 2.19. The molecule has 0 radical (unpaired) electrons. The summed E-state index contributed by atoms with van der Waals surface area (Å²) >= 11 is 0. The molecular weight excluding hydrogens is 258 g/mol. The molecule has 20 heavy (non-hydrogen) atoms. The van der Waals surface area contributed by atoms with E-state index in [1.807, 2.05) is 30.3 Å². The number of carboxylic acid groups (broad SMARTS) is 1. The van der Waals surface area contributed by atoms with E-state index in [1.165, 1.54) is 0 Å². The lowest BCUT2D eigenvalue weighted by atomic mass is 10.1. The molecule has 0 aliphatic carbocycles.